The fourth-order valence-corrected chi connectivity index (χ4v) is 1.55. The summed E-state index contributed by atoms with van der Waals surface area (Å²) in [7, 11) is 0. The van der Waals surface area contributed by atoms with E-state index in [1.54, 1.807) is 26.0 Å². The van der Waals surface area contributed by atoms with Crippen molar-refractivity contribution in [3.63, 3.8) is 0 Å². The van der Waals surface area contributed by atoms with E-state index in [0.29, 0.717) is 17.3 Å². The lowest BCUT2D eigenvalue weighted by atomic mass is 10.2. The zero-order valence-corrected chi connectivity index (χ0v) is 8.90. The molecule has 0 saturated heterocycles. The van der Waals surface area contributed by atoms with E-state index in [1.165, 1.54) is 10.7 Å². The molecule has 2 aromatic rings. The van der Waals surface area contributed by atoms with Crippen molar-refractivity contribution in [3.8, 4) is 11.8 Å². The number of hydrogen-bond donors (Lipinski definition) is 0. The highest BCUT2D eigenvalue weighted by molar-refractivity contribution is 5.49. The highest BCUT2D eigenvalue weighted by Crippen LogP contribution is 2.17. The summed E-state index contributed by atoms with van der Waals surface area (Å²) in [5, 5.41) is 13.0. The van der Waals surface area contributed by atoms with Gasteiger partial charge in [-0.25, -0.2) is 14.1 Å². The van der Waals surface area contributed by atoms with E-state index in [0.717, 1.165) is 0 Å². The molecule has 0 amide bonds. The van der Waals surface area contributed by atoms with E-state index < -0.39 is 5.82 Å². The van der Waals surface area contributed by atoms with Crippen molar-refractivity contribution in [2.75, 3.05) is 0 Å². The van der Waals surface area contributed by atoms with Gasteiger partial charge in [0.15, 0.2) is 0 Å². The molecular formula is C11H9FN4. The van der Waals surface area contributed by atoms with E-state index in [2.05, 4.69) is 10.1 Å². The molecule has 0 spiro atoms. The Bertz CT molecular complexity index is 580. The van der Waals surface area contributed by atoms with Crippen molar-refractivity contribution in [2.24, 2.45) is 0 Å². The van der Waals surface area contributed by atoms with E-state index in [1.807, 2.05) is 6.07 Å². The number of hydrogen-bond acceptors (Lipinski definition) is 3. The molecular weight excluding hydrogens is 207 g/mol. The molecule has 1 heterocycles. The van der Waals surface area contributed by atoms with Crippen molar-refractivity contribution in [2.45, 2.75) is 13.8 Å². The van der Waals surface area contributed by atoms with E-state index >= 15 is 0 Å². The van der Waals surface area contributed by atoms with Crippen LogP contribution in [-0.2, 0) is 0 Å². The monoisotopic (exact) mass is 216 g/mol. The van der Waals surface area contributed by atoms with Gasteiger partial charge in [0.25, 0.3) is 0 Å². The molecule has 80 valence electrons. The largest absolute Gasteiger partial charge is 0.217 e. The van der Waals surface area contributed by atoms with Crippen LogP contribution in [0.15, 0.2) is 18.2 Å². The van der Waals surface area contributed by atoms with Gasteiger partial charge in [-0.3, -0.25) is 0 Å². The summed E-state index contributed by atoms with van der Waals surface area (Å²) in [6.45, 7) is 3.50. The van der Waals surface area contributed by atoms with Gasteiger partial charge in [-0.05, 0) is 26.0 Å². The number of benzene rings is 1. The molecule has 1 aromatic carbocycles. The van der Waals surface area contributed by atoms with Crippen LogP contribution in [0.1, 0.15) is 17.2 Å². The Morgan fingerprint density at radius 1 is 1.38 bits per heavy atom. The molecule has 0 aliphatic rings. The summed E-state index contributed by atoms with van der Waals surface area (Å²) >= 11 is 0. The van der Waals surface area contributed by atoms with Crippen LogP contribution < -0.4 is 0 Å². The second-order valence-electron chi connectivity index (χ2n) is 3.36. The summed E-state index contributed by atoms with van der Waals surface area (Å²) < 4.78 is 14.9. The maximum Gasteiger partial charge on any atom is 0.148 e. The number of aromatic nitrogens is 3. The SMILES string of the molecule is Cc1nc(C)n(-c2cccc(F)c2C#N)n1. The van der Waals surface area contributed by atoms with E-state index in [9.17, 15) is 4.39 Å². The molecule has 0 N–H and O–H groups in total. The highest BCUT2D eigenvalue weighted by atomic mass is 19.1. The van der Waals surface area contributed by atoms with Crippen molar-refractivity contribution >= 4 is 0 Å². The Labute approximate surface area is 92.0 Å². The maximum absolute atomic E-state index is 13.4. The van der Waals surface area contributed by atoms with Gasteiger partial charge >= 0.3 is 0 Å². The fraction of sp³-hybridized carbons (Fsp3) is 0.182. The molecule has 2 rings (SSSR count). The first-order chi connectivity index (χ1) is 7.63. The minimum atomic E-state index is -0.549. The zero-order chi connectivity index (χ0) is 11.7. The summed E-state index contributed by atoms with van der Waals surface area (Å²) in [5.41, 5.74) is 0.399. The Hall–Kier alpha value is -2.22. The van der Waals surface area contributed by atoms with E-state index in [4.69, 9.17) is 5.26 Å². The van der Waals surface area contributed by atoms with Crippen LogP contribution in [0.25, 0.3) is 5.69 Å². The van der Waals surface area contributed by atoms with Crippen LogP contribution in [-0.4, -0.2) is 14.8 Å². The molecule has 0 fully saturated rings. The van der Waals surface area contributed by atoms with Gasteiger partial charge in [0.2, 0.25) is 0 Å². The standard InChI is InChI=1S/C11H9FN4/c1-7-14-8(2)16(15-7)11-5-3-4-10(12)9(11)6-13/h3-5H,1-2H3. The average molecular weight is 216 g/mol. The normalized spacial score (nSPS) is 10.1. The molecule has 4 nitrogen and oxygen atoms in total. The zero-order valence-electron chi connectivity index (χ0n) is 8.90. The summed E-state index contributed by atoms with van der Waals surface area (Å²) in [6.07, 6.45) is 0. The number of rotatable bonds is 1. The molecule has 0 atom stereocenters. The van der Waals surface area contributed by atoms with Crippen molar-refractivity contribution in [3.05, 3.63) is 41.2 Å². The average Bonchev–Trinajstić information content (AvgIpc) is 2.57. The molecule has 0 unspecified atom stereocenters. The summed E-state index contributed by atoms with van der Waals surface area (Å²) in [6, 6.07) is 6.27. The second kappa shape index (κ2) is 3.74. The lowest BCUT2D eigenvalue weighted by Gasteiger charge is -2.05. The molecule has 0 saturated carbocycles. The minimum absolute atomic E-state index is 0.0181. The predicted octanol–water partition coefficient (Wildman–Crippen LogP) is 1.89. The first-order valence-electron chi connectivity index (χ1n) is 4.72. The van der Waals surface area contributed by atoms with Gasteiger partial charge in [-0.2, -0.15) is 10.4 Å². The number of nitriles is 1. The molecule has 0 bridgehead atoms. The Morgan fingerprint density at radius 2 is 2.12 bits per heavy atom. The van der Waals surface area contributed by atoms with Crippen molar-refractivity contribution < 1.29 is 4.39 Å². The molecule has 1 aromatic heterocycles. The van der Waals surface area contributed by atoms with Gasteiger partial charge in [-0.15, -0.1) is 0 Å². The van der Waals surface area contributed by atoms with Crippen LogP contribution in [0, 0.1) is 31.0 Å². The van der Waals surface area contributed by atoms with Crippen LogP contribution >= 0.6 is 0 Å². The first-order valence-corrected chi connectivity index (χ1v) is 4.72. The lowest BCUT2D eigenvalue weighted by molar-refractivity contribution is 0.620. The van der Waals surface area contributed by atoms with E-state index in [-0.39, 0.29) is 5.56 Å². The van der Waals surface area contributed by atoms with Crippen LogP contribution in [0.3, 0.4) is 0 Å². The Balaban J connectivity index is 2.70. The third-order valence-electron chi connectivity index (χ3n) is 2.21. The maximum atomic E-state index is 13.4. The van der Waals surface area contributed by atoms with Crippen molar-refractivity contribution in [1.82, 2.24) is 14.8 Å². The second-order valence-corrected chi connectivity index (χ2v) is 3.36. The Morgan fingerprint density at radius 3 is 2.69 bits per heavy atom. The fourth-order valence-electron chi connectivity index (χ4n) is 1.55. The van der Waals surface area contributed by atoms with Crippen LogP contribution in [0.2, 0.25) is 0 Å². The van der Waals surface area contributed by atoms with Crippen molar-refractivity contribution in [1.29, 1.82) is 5.26 Å². The smallest absolute Gasteiger partial charge is 0.148 e. The number of aryl methyl sites for hydroxylation is 2. The van der Waals surface area contributed by atoms with Gasteiger partial charge < -0.3 is 0 Å². The molecule has 0 aliphatic carbocycles. The van der Waals surface area contributed by atoms with Gasteiger partial charge in [0.05, 0.1) is 5.69 Å². The highest BCUT2D eigenvalue weighted by Gasteiger charge is 2.12. The lowest BCUT2D eigenvalue weighted by Crippen LogP contribution is -2.03. The first kappa shape index (κ1) is 10.3. The molecule has 5 heteroatoms. The third-order valence-corrected chi connectivity index (χ3v) is 2.21. The quantitative estimate of drug-likeness (QED) is 0.731. The van der Waals surface area contributed by atoms with Crippen LogP contribution in [0.4, 0.5) is 4.39 Å². The summed E-state index contributed by atoms with van der Waals surface area (Å²) in [5.74, 6) is 0.665. The minimum Gasteiger partial charge on any atom is -0.217 e. The Kier molecular flexibility index (Phi) is 2.41. The number of halogens is 1. The third kappa shape index (κ3) is 1.54. The van der Waals surface area contributed by atoms with Gasteiger partial charge in [0.1, 0.15) is 29.1 Å². The van der Waals surface area contributed by atoms with Gasteiger partial charge in [0, 0.05) is 0 Å². The van der Waals surface area contributed by atoms with Crippen LogP contribution in [0.5, 0.6) is 0 Å². The topological polar surface area (TPSA) is 54.5 Å². The van der Waals surface area contributed by atoms with Gasteiger partial charge in [-0.1, -0.05) is 6.07 Å². The molecule has 16 heavy (non-hydrogen) atoms. The molecule has 0 radical (unpaired) electrons. The molecule has 0 aliphatic heterocycles. The predicted molar refractivity (Wildman–Crippen MR) is 55.5 cm³/mol. The summed E-state index contributed by atoms with van der Waals surface area (Å²) in [4.78, 5) is 4.11. The number of nitrogens with zero attached hydrogens (tertiary/aromatic N) is 4.